The first-order valence-electron chi connectivity index (χ1n) is 7.68. The normalized spacial score (nSPS) is 18.2. The molecule has 1 atom stereocenters. The van der Waals surface area contributed by atoms with Crippen LogP contribution in [-0.4, -0.2) is 26.3 Å². The molecule has 1 saturated heterocycles. The summed E-state index contributed by atoms with van der Waals surface area (Å²) >= 11 is 0. The van der Waals surface area contributed by atoms with Crippen LogP contribution in [0.4, 0.5) is 13.2 Å². The number of halogens is 4. The van der Waals surface area contributed by atoms with Crippen molar-refractivity contribution in [3.05, 3.63) is 23.3 Å². The molecule has 0 saturated carbocycles. The van der Waals surface area contributed by atoms with Gasteiger partial charge in [-0.15, -0.1) is 12.4 Å². The second kappa shape index (κ2) is 8.64. The molecule has 0 spiro atoms. The number of ether oxygens (including phenoxy) is 2. The summed E-state index contributed by atoms with van der Waals surface area (Å²) < 4.78 is 50.4. The molecule has 0 aliphatic carbocycles. The third kappa shape index (κ3) is 4.91. The van der Waals surface area contributed by atoms with Gasteiger partial charge in [0.05, 0.1) is 13.2 Å². The molecule has 1 N–H and O–H groups in total. The average molecular weight is 354 g/mol. The Morgan fingerprint density at radius 3 is 2.30 bits per heavy atom. The maximum Gasteiger partial charge on any atom is 0.420 e. The summed E-state index contributed by atoms with van der Waals surface area (Å²) in [5.41, 5.74) is 0.0239. The Labute approximate surface area is 141 Å². The van der Waals surface area contributed by atoms with Crippen molar-refractivity contribution in [3.8, 4) is 11.5 Å². The number of hydrogen-bond acceptors (Lipinski definition) is 3. The van der Waals surface area contributed by atoms with Crippen LogP contribution in [0.25, 0.3) is 0 Å². The zero-order valence-corrected chi connectivity index (χ0v) is 14.1. The molecule has 1 aromatic carbocycles. The summed E-state index contributed by atoms with van der Waals surface area (Å²) in [5.74, 6) is 0.350. The molecule has 1 fully saturated rings. The fourth-order valence-corrected chi connectivity index (χ4v) is 2.79. The largest absolute Gasteiger partial charge is 0.494 e. The Bertz CT molecular complexity index is 503. The van der Waals surface area contributed by atoms with Gasteiger partial charge < -0.3 is 14.8 Å². The molecule has 0 radical (unpaired) electrons. The van der Waals surface area contributed by atoms with E-state index in [1.165, 1.54) is 6.07 Å². The molecule has 2 rings (SSSR count). The molecule has 0 bridgehead atoms. The fraction of sp³-hybridized carbons (Fsp3) is 0.625. The summed E-state index contributed by atoms with van der Waals surface area (Å²) in [6, 6.07) is 2.59. The van der Waals surface area contributed by atoms with Crippen LogP contribution in [0, 0.1) is 0 Å². The average Bonchev–Trinajstić information content (AvgIpc) is 2.48. The summed E-state index contributed by atoms with van der Waals surface area (Å²) in [5, 5.41) is 3.28. The minimum atomic E-state index is -4.46. The van der Waals surface area contributed by atoms with E-state index in [1.54, 1.807) is 13.8 Å². The SMILES string of the molecule is CCOc1cc(C(F)(F)F)c(OCC)cc1[C@H]1CCCNC1.Cl. The molecular weight excluding hydrogens is 331 g/mol. The lowest BCUT2D eigenvalue weighted by atomic mass is 9.90. The fourth-order valence-electron chi connectivity index (χ4n) is 2.79. The van der Waals surface area contributed by atoms with Crippen molar-refractivity contribution in [3.63, 3.8) is 0 Å². The highest BCUT2D eigenvalue weighted by Gasteiger charge is 2.36. The van der Waals surface area contributed by atoms with Crippen LogP contribution in [0.15, 0.2) is 12.1 Å². The van der Waals surface area contributed by atoms with Gasteiger partial charge in [0.15, 0.2) is 0 Å². The number of nitrogens with one attached hydrogen (secondary N) is 1. The van der Waals surface area contributed by atoms with Crippen molar-refractivity contribution in [2.24, 2.45) is 0 Å². The van der Waals surface area contributed by atoms with E-state index in [4.69, 9.17) is 9.47 Å². The van der Waals surface area contributed by atoms with Crippen LogP contribution in [0.1, 0.15) is 43.7 Å². The molecule has 0 amide bonds. The molecule has 1 aromatic rings. The predicted octanol–water partition coefficient (Wildman–Crippen LogP) is 4.39. The summed E-state index contributed by atoms with van der Waals surface area (Å²) in [4.78, 5) is 0. The minimum Gasteiger partial charge on any atom is -0.494 e. The Morgan fingerprint density at radius 2 is 1.78 bits per heavy atom. The van der Waals surface area contributed by atoms with Crippen molar-refractivity contribution in [1.82, 2.24) is 5.32 Å². The highest BCUT2D eigenvalue weighted by atomic mass is 35.5. The number of alkyl halides is 3. The highest BCUT2D eigenvalue weighted by molar-refractivity contribution is 5.85. The van der Waals surface area contributed by atoms with Crippen LogP contribution >= 0.6 is 12.4 Å². The van der Waals surface area contributed by atoms with Crippen LogP contribution in [-0.2, 0) is 6.18 Å². The van der Waals surface area contributed by atoms with E-state index < -0.39 is 11.7 Å². The van der Waals surface area contributed by atoms with Gasteiger partial charge in [0, 0.05) is 18.0 Å². The van der Waals surface area contributed by atoms with Gasteiger partial charge in [-0.25, -0.2) is 0 Å². The number of piperidine rings is 1. The zero-order valence-electron chi connectivity index (χ0n) is 13.3. The first kappa shape index (κ1) is 19.9. The Morgan fingerprint density at radius 1 is 1.13 bits per heavy atom. The predicted molar refractivity (Wildman–Crippen MR) is 85.9 cm³/mol. The van der Waals surface area contributed by atoms with E-state index in [-0.39, 0.29) is 30.7 Å². The smallest absolute Gasteiger partial charge is 0.420 e. The number of rotatable bonds is 5. The lowest BCUT2D eigenvalue weighted by Gasteiger charge is -2.26. The molecule has 132 valence electrons. The third-order valence-electron chi connectivity index (χ3n) is 3.75. The molecule has 0 unspecified atom stereocenters. The molecule has 1 aliphatic heterocycles. The second-order valence-corrected chi connectivity index (χ2v) is 5.29. The van der Waals surface area contributed by atoms with Gasteiger partial charge in [0.25, 0.3) is 0 Å². The van der Waals surface area contributed by atoms with Gasteiger partial charge in [-0.05, 0) is 45.4 Å². The van der Waals surface area contributed by atoms with E-state index in [2.05, 4.69) is 5.32 Å². The van der Waals surface area contributed by atoms with Gasteiger partial charge >= 0.3 is 6.18 Å². The van der Waals surface area contributed by atoms with Gasteiger partial charge in [-0.3, -0.25) is 0 Å². The minimum absolute atomic E-state index is 0. The maximum absolute atomic E-state index is 13.2. The molecule has 1 aliphatic rings. The van der Waals surface area contributed by atoms with E-state index in [9.17, 15) is 13.2 Å². The van der Waals surface area contributed by atoms with Gasteiger partial charge in [0.2, 0.25) is 0 Å². The van der Waals surface area contributed by atoms with Gasteiger partial charge in [-0.2, -0.15) is 13.2 Å². The van der Waals surface area contributed by atoms with Crippen LogP contribution < -0.4 is 14.8 Å². The Balaban J connectivity index is 0.00000264. The molecule has 7 heteroatoms. The standard InChI is InChI=1S/C16H22F3NO2.ClH/c1-3-21-14-9-13(16(17,18)19)15(22-4-2)8-12(14)11-6-5-7-20-10-11;/h8-9,11,20H,3-7,10H2,1-2H3;1H/t11-;/m0./s1. The lowest BCUT2D eigenvalue weighted by Crippen LogP contribution is -2.28. The van der Waals surface area contributed by atoms with Gasteiger partial charge in [-0.1, -0.05) is 0 Å². The Kier molecular flexibility index (Phi) is 7.48. The van der Waals surface area contributed by atoms with Crippen molar-refractivity contribution in [2.75, 3.05) is 26.3 Å². The lowest BCUT2D eigenvalue weighted by molar-refractivity contribution is -0.139. The van der Waals surface area contributed by atoms with E-state index >= 15 is 0 Å². The number of hydrogen-bond donors (Lipinski definition) is 1. The monoisotopic (exact) mass is 353 g/mol. The maximum atomic E-state index is 13.2. The Hall–Kier alpha value is -1.14. The van der Waals surface area contributed by atoms with Crippen molar-refractivity contribution < 1.29 is 22.6 Å². The van der Waals surface area contributed by atoms with Gasteiger partial charge in [0.1, 0.15) is 17.1 Å². The van der Waals surface area contributed by atoms with Crippen LogP contribution in [0.3, 0.4) is 0 Å². The number of benzene rings is 1. The molecule has 0 aromatic heterocycles. The van der Waals surface area contributed by atoms with E-state index in [1.807, 2.05) is 0 Å². The summed E-state index contributed by atoms with van der Waals surface area (Å²) in [7, 11) is 0. The molecule has 1 heterocycles. The molecular formula is C16H23ClF3NO2. The van der Waals surface area contributed by atoms with E-state index in [0.717, 1.165) is 37.6 Å². The van der Waals surface area contributed by atoms with Crippen molar-refractivity contribution in [1.29, 1.82) is 0 Å². The molecule has 23 heavy (non-hydrogen) atoms. The van der Waals surface area contributed by atoms with E-state index in [0.29, 0.717) is 12.4 Å². The summed E-state index contributed by atoms with van der Waals surface area (Å²) in [6.45, 7) is 5.67. The third-order valence-corrected chi connectivity index (χ3v) is 3.75. The quantitative estimate of drug-likeness (QED) is 0.851. The van der Waals surface area contributed by atoms with Crippen LogP contribution in [0.2, 0.25) is 0 Å². The first-order valence-corrected chi connectivity index (χ1v) is 7.68. The summed E-state index contributed by atoms with van der Waals surface area (Å²) in [6.07, 6.45) is -2.52. The van der Waals surface area contributed by atoms with Crippen LogP contribution in [0.5, 0.6) is 11.5 Å². The topological polar surface area (TPSA) is 30.5 Å². The van der Waals surface area contributed by atoms with Crippen molar-refractivity contribution >= 4 is 12.4 Å². The highest BCUT2D eigenvalue weighted by Crippen LogP contribution is 2.43. The van der Waals surface area contributed by atoms with Crippen molar-refractivity contribution in [2.45, 2.75) is 38.8 Å². The zero-order chi connectivity index (χ0) is 16.2. The second-order valence-electron chi connectivity index (χ2n) is 5.29. The molecule has 3 nitrogen and oxygen atoms in total. The first-order chi connectivity index (χ1) is 10.5.